The molecule has 1 atom stereocenters. The molecule has 1 aliphatic carbocycles. The molecule has 25 heavy (non-hydrogen) atoms. The van der Waals surface area contributed by atoms with E-state index in [4.69, 9.17) is 10.5 Å². The lowest BCUT2D eigenvalue weighted by atomic mass is 9.76. The SMILES string of the molecule is NC(=O)COc1cccc(C(=O)N2CCC[C@](CO)(CC3CC3)C2)c1. The molecule has 0 spiro atoms. The number of rotatable bonds is 7. The van der Waals surface area contributed by atoms with Crippen LogP contribution in [-0.2, 0) is 4.79 Å². The minimum Gasteiger partial charge on any atom is -0.484 e. The predicted molar refractivity (Wildman–Crippen MR) is 93.1 cm³/mol. The molecule has 1 saturated heterocycles. The lowest BCUT2D eigenvalue weighted by molar-refractivity contribution is -0.119. The van der Waals surface area contributed by atoms with Crippen LogP contribution in [0.2, 0.25) is 0 Å². The Morgan fingerprint density at radius 1 is 1.36 bits per heavy atom. The molecule has 6 heteroatoms. The van der Waals surface area contributed by atoms with Gasteiger partial charge in [0.05, 0.1) is 6.61 Å². The summed E-state index contributed by atoms with van der Waals surface area (Å²) in [5, 5.41) is 9.95. The number of hydrogen-bond donors (Lipinski definition) is 2. The molecule has 0 unspecified atom stereocenters. The number of nitrogens with two attached hydrogens (primary N) is 1. The number of primary amides is 1. The second-order valence-corrected chi connectivity index (χ2v) is 7.42. The van der Waals surface area contributed by atoms with E-state index in [1.807, 2.05) is 4.90 Å². The van der Waals surface area contributed by atoms with Crippen LogP contribution >= 0.6 is 0 Å². The number of aliphatic hydroxyl groups is 1. The van der Waals surface area contributed by atoms with Crippen LogP contribution in [0.3, 0.4) is 0 Å². The predicted octanol–water partition coefficient (Wildman–Crippen LogP) is 1.57. The van der Waals surface area contributed by atoms with Gasteiger partial charge in [-0.1, -0.05) is 18.9 Å². The van der Waals surface area contributed by atoms with Crippen molar-refractivity contribution in [2.24, 2.45) is 17.1 Å². The fourth-order valence-electron chi connectivity index (χ4n) is 3.73. The maximum atomic E-state index is 12.9. The second-order valence-electron chi connectivity index (χ2n) is 7.42. The van der Waals surface area contributed by atoms with E-state index in [1.165, 1.54) is 12.8 Å². The molecular formula is C19H26N2O4. The van der Waals surface area contributed by atoms with Gasteiger partial charge in [-0.25, -0.2) is 0 Å². The number of ether oxygens (including phenoxy) is 1. The van der Waals surface area contributed by atoms with Gasteiger partial charge in [-0.05, 0) is 43.4 Å². The molecule has 1 heterocycles. The maximum Gasteiger partial charge on any atom is 0.255 e. The van der Waals surface area contributed by atoms with Crippen LogP contribution in [0.4, 0.5) is 0 Å². The number of hydrogen-bond acceptors (Lipinski definition) is 4. The standard InChI is InChI=1S/C19H26N2O4/c20-17(23)11-25-16-4-1-3-15(9-16)18(24)21-8-2-7-19(12-21,13-22)10-14-5-6-14/h1,3-4,9,14,22H,2,5-8,10-13H2,(H2,20,23)/t19-/m0/s1. The summed E-state index contributed by atoms with van der Waals surface area (Å²) in [5.41, 5.74) is 5.45. The molecule has 1 saturated carbocycles. The number of aliphatic hydroxyl groups excluding tert-OH is 1. The van der Waals surface area contributed by atoms with Gasteiger partial charge in [0.1, 0.15) is 5.75 Å². The first-order valence-electron chi connectivity index (χ1n) is 8.93. The Morgan fingerprint density at radius 3 is 2.84 bits per heavy atom. The van der Waals surface area contributed by atoms with Crippen LogP contribution in [0.1, 0.15) is 42.5 Å². The van der Waals surface area contributed by atoms with Crippen LogP contribution in [0.15, 0.2) is 24.3 Å². The van der Waals surface area contributed by atoms with Gasteiger partial charge in [0.25, 0.3) is 11.8 Å². The first-order valence-corrected chi connectivity index (χ1v) is 8.93. The second kappa shape index (κ2) is 7.44. The van der Waals surface area contributed by atoms with Crippen molar-refractivity contribution in [1.82, 2.24) is 4.90 Å². The molecular weight excluding hydrogens is 320 g/mol. The number of benzene rings is 1. The minimum absolute atomic E-state index is 0.0575. The van der Waals surface area contributed by atoms with Gasteiger partial charge in [-0.2, -0.15) is 0 Å². The molecule has 2 aliphatic rings. The largest absolute Gasteiger partial charge is 0.484 e. The number of likely N-dealkylation sites (tertiary alicyclic amines) is 1. The van der Waals surface area contributed by atoms with Gasteiger partial charge < -0.3 is 20.5 Å². The fraction of sp³-hybridized carbons (Fsp3) is 0.579. The zero-order valence-corrected chi connectivity index (χ0v) is 14.4. The Hall–Kier alpha value is -2.08. The van der Waals surface area contributed by atoms with Crippen LogP contribution in [0.25, 0.3) is 0 Å². The number of carbonyl (C=O) groups is 2. The van der Waals surface area contributed by atoms with Crippen molar-refractivity contribution in [1.29, 1.82) is 0 Å². The lowest BCUT2D eigenvalue weighted by Gasteiger charge is -2.42. The molecule has 3 N–H and O–H groups in total. The van der Waals surface area contributed by atoms with Gasteiger partial charge in [-0.15, -0.1) is 0 Å². The highest BCUT2D eigenvalue weighted by Gasteiger charge is 2.41. The average molecular weight is 346 g/mol. The van der Waals surface area contributed by atoms with Crippen molar-refractivity contribution in [3.05, 3.63) is 29.8 Å². The van der Waals surface area contributed by atoms with Gasteiger partial charge in [0.2, 0.25) is 0 Å². The zero-order valence-electron chi connectivity index (χ0n) is 14.4. The van der Waals surface area contributed by atoms with E-state index in [-0.39, 0.29) is 24.5 Å². The van der Waals surface area contributed by atoms with Crippen molar-refractivity contribution in [3.8, 4) is 5.75 Å². The van der Waals surface area contributed by atoms with Crippen molar-refractivity contribution < 1.29 is 19.4 Å². The van der Waals surface area contributed by atoms with Crippen LogP contribution in [0.5, 0.6) is 5.75 Å². The average Bonchev–Trinajstić information content (AvgIpc) is 3.43. The van der Waals surface area contributed by atoms with E-state index in [9.17, 15) is 14.7 Å². The van der Waals surface area contributed by atoms with Gasteiger partial charge in [0.15, 0.2) is 6.61 Å². The molecule has 0 bridgehead atoms. The van der Waals surface area contributed by atoms with E-state index >= 15 is 0 Å². The summed E-state index contributed by atoms with van der Waals surface area (Å²) in [5.74, 6) is 0.555. The number of nitrogens with zero attached hydrogens (tertiary/aromatic N) is 1. The Labute approximate surface area is 147 Å². The lowest BCUT2D eigenvalue weighted by Crippen LogP contribution is -2.48. The summed E-state index contributed by atoms with van der Waals surface area (Å²) in [7, 11) is 0. The molecule has 0 aromatic heterocycles. The fourth-order valence-corrected chi connectivity index (χ4v) is 3.73. The Morgan fingerprint density at radius 2 is 2.16 bits per heavy atom. The third-order valence-electron chi connectivity index (χ3n) is 5.16. The Balaban J connectivity index is 1.69. The van der Waals surface area contributed by atoms with Gasteiger partial charge in [0, 0.05) is 24.1 Å². The minimum atomic E-state index is -0.555. The summed E-state index contributed by atoms with van der Waals surface area (Å²) in [6, 6.07) is 6.81. The topological polar surface area (TPSA) is 92.9 Å². The number of piperidine rings is 1. The van der Waals surface area contributed by atoms with Crippen LogP contribution in [0, 0.1) is 11.3 Å². The Bertz CT molecular complexity index is 644. The highest BCUT2D eigenvalue weighted by Crippen LogP contribution is 2.44. The summed E-state index contributed by atoms with van der Waals surface area (Å²) >= 11 is 0. The number of carbonyl (C=O) groups excluding carboxylic acids is 2. The van der Waals surface area contributed by atoms with E-state index in [0.717, 1.165) is 19.3 Å². The molecule has 1 aromatic carbocycles. The van der Waals surface area contributed by atoms with E-state index in [2.05, 4.69) is 0 Å². The third kappa shape index (κ3) is 4.51. The quantitative estimate of drug-likeness (QED) is 0.784. The van der Waals surface area contributed by atoms with E-state index in [0.29, 0.717) is 30.3 Å². The highest BCUT2D eigenvalue weighted by molar-refractivity contribution is 5.94. The monoisotopic (exact) mass is 346 g/mol. The van der Waals surface area contributed by atoms with E-state index in [1.54, 1.807) is 24.3 Å². The molecule has 6 nitrogen and oxygen atoms in total. The molecule has 0 radical (unpaired) electrons. The van der Waals surface area contributed by atoms with Gasteiger partial charge in [-0.3, -0.25) is 9.59 Å². The summed E-state index contributed by atoms with van der Waals surface area (Å²) < 4.78 is 5.28. The summed E-state index contributed by atoms with van der Waals surface area (Å²) in [6.07, 6.45) is 5.39. The molecule has 1 aromatic rings. The maximum absolute atomic E-state index is 12.9. The van der Waals surface area contributed by atoms with Gasteiger partial charge >= 0.3 is 0 Å². The molecule has 2 fully saturated rings. The number of amides is 2. The molecule has 1 aliphatic heterocycles. The van der Waals surface area contributed by atoms with Crippen molar-refractivity contribution in [2.45, 2.75) is 32.1 Å². The first kappa shape index (κ1) is 17.7. The zero-order chi connectivity index (χ0) is 17.9. The summed E-state index contributed by atoms with van der Waals surface area (Å²) in [4.78, 5) is 25.6. The third-order valence-corrected chi connectivity index (χ3v) is 5.16. The molecule has 2 amide bonds. The smallest absolute Gasteiger partial charge is 0.255 e. The van der Waals surface area contributed by atoms with Crippen molar-refractivity contribution >= 4 is 11.8 Å². The van der Waals surface area contributed by atoms with Crippen molar-refractivity contribution in [3.63, 3.8) is 0 Å². The highest BCUT2D eigenvalue weighted by atomic mass is 16.5. The van der Waals surface area contributed by atoms with Crippen LogP contribution in [-0.4, -0.2) is 48.1 Å². The summed E-state index contributed by atoms with van der Waals surface area (Å²) in [6.45, 7) is 1.23. The normalized spacial score (nSPS) is 23.3. The van der Waals surface area contributed by atoms with Crippen molar-refractivity contribution in [2.75, 3.05) is 26.3 Å². The molecule has 3 rings (SSSR count). The Kier molecular flexibility index (Phi) is 5.27. The molecule has 136 valence electrons. The first-order chi connectivity index (χ1) is 12.0. The van der Waals surface area contributed by atoms with E-state index < -0.39 is 5.91 Å². The van der Waals surface area contributed by atoms with Crippen LogP contribution < -0.4 is 10.5 Å².